The number of morpholine rings is 1. The summed E-state index contributed by atoms with van der Waals surface area (Å²) in [7, 11) is 3.00. The molecule has 2 saturated heterocycles. The highest BCUT2D eigenvalue weighted by Crippen LogP contribution is 2.40. The summed E-state index contributed by atoms with van der Waals surface area (Å²) in [4.78, 5) is 30.0. The van der Waals surface area contributed by atoms with E-state index in [-0.39, 0.29) is 11.3 Å². The number of aliphatic hydroxyl groups excluding tert-OH is 1. The van der Waals surface area contributed by atoms with Crippen LogP contribution in [0.5, 0.6) is 11.5 Å². The van der Waals surface area contributed by atoms with Gasteiger partial charge in [0.1, 0.15) is 5.76 Å². The van der Waals surface area contributed by atoms with Gasteiger partial charge in [-0.25, -0.2) is 0 Å². The van der Waals surface area contributed by atoms with Crippen LogP contribution in [0.2, 0.25) is 5.02 Å². The number of halogens is 1. The minimum atomic E-state index is -0.744. The average molecular weight is 487 g/mol. The Hall–Kier alpha value is -3.07. The van der Waals surface area contributed by atoms with Crippen LogP contribution in [0.15, 0.2) is 48.0 Å². The molecule has 1 atom stereocenters. The van der Waals surface area contributed by atoms with Crippen molar-refractivity contribution in [3.05, 3.63) is 64.2 Å². The molecule has 2 aromatic carbocycles. The zero-order chi connectivity index (χ0) is 24.2. The van der Waals surface area contributed by atoms with Crippen molar-refractivity contribution in [2.45, 2.75) is 6.04 Å². The maximum absolute atomic E-state index is 13.2. The minimum Gasteiger partial charge on any atom is -0.507 e. The lowest BCUT2D eigenvalue weighted by molar-refractivity contribution is -0.140. The molecule has 1 amide bonds. The minimum absolute atomic E-state index is 0.0292. The second kappa shape index (κ2) is 10.5. The summed E-state index contributed by atoms with van der Waals surface area (Å²) >= 11 is 6.08. The lowest BCUT2D eigenvalue weighted by Gasteiger charge is -2.31. The third-order valence-electron chi connectivity index (χ3n) is 6.14. The molecule has 0 aromatic heterocycles. The van der Waals surface area contributed by atoms with Crippen molar-refractivity contribution < 1.29 is 28.9 Å². The number of likely N-dealkylation sites (tertiary alicyclic amines) is 1. The first-order valence-electron chi connectivity index (χ1n) is 11.0. The van der Waals surface area contributed by atoms with Crippen molar-refractivity contribution in [1.29, 1.82) is 0 Å². The van der Waals surface area contributed by atoms with E-state index in [1.54, 1.807) is 42.5 Å². The lowest BCUT2D eigenvalue weighted by atomic mass is 9.95. The van der Waals surface area contributed by atoms with Crippen molar-refractivity contribution in [2.24, 2.45) is 0 Å². The molecule has 4 rings (SSSR count). The summed E-state index contributed by atoms with van der Waals surface area (Å²) in [6, 6.07) is 11.0. The zero-order valence-corrected chi connectivity index (χ0v) is 19.9. The summed E-state index contributed by atoms with van der Waals surface area (Å²) in [5.41, 5.74) is 1.07. The molecule has 2 heterocycles. The number of aliphatic hydroxyl groups is 1. The predicted octanol–water partition coefficient (Wildman–Crippen LogP) is 3.11. The molecular weight excluding hydrogens is 460 g/mol. The molecule has 0 saturated carbocycles. The summed E-state index contributed by atoms with van der Waals surface area (Å²) in [5.74, 6) is -0.757. The van der Waals surface area contributed by atoms with Crippen molar-refractivity contribution in [1.82, 2.24) is 9.80 Å². The van der Waals surface area contributed by atoms with Gasteiger partial charge in [-0.15, -0.1) is 0 Å². The number of ketones is 1. The van der Waals surface area contributed by atoms with Crippen LogP contribution in [0.3, 0.4) is 0 Å². The Bertz CT molecular complexity index is 1100. The Morgan fingerprint density at radius 2 is 1.71 bits per heavy atom. The predicted molar refractivity (Wildman–Crippen MR) is 127 cm³/mol. The molecule has 1 N–H and O–H groups in total. The standard InChI is InChI=1S/C25H27ClN2O6/c1-32-19-8-5-17(15-20(19)33-2)23(29)21-22(16-3-6-18(26)7-4-16)28(25(31)24(21)30)10-9-27-11-13-34-14-12-27/h3-8,15,22,29H,9-14H2,1-2H3/b23-21+/t22-/m1/s1. The second-order valence-electron chi connectivity index (χ2n) is 8.07. The molecule has 0 unspecified atom stereocenters. The SMILES string of the molecule is COc1ccc(/C(O)=C2\C(=O)C(=O)N(CCN3CCOCC3)[C@@H]2c2ccc(Cl)cc2)cc1OC. The number of rotatable bonds is 7. The van der Waals surface area contributed by atoms with Gasteiger partial charge >= 0.3 is 0 Å². The zero-order valence-electron chi connectivity index (χ0n) is 19.1. The van der Waals surface area contributed by atoms with Crippen molar-refractivity contribution in [2.75, 3.05) is 53.6 Å². The van der Waals surface area contributed by atoms with Gasteiger partial charge in [-0.05, 0) is 35.9 Å². The van der Waals surface area contributed by atoms with Gasteiger partial charge in [0.25, 0.3) is 11.7 Å². The molecule has 2 fully saturated rings. The molecule has 8 nitrogen and oxygen atoms in total. The fraction of sp³-hybridized carbons (Fsp3) is 0.360. The number of Topliss-reactive ketones (excluding diaryl/α,β-unsaturated/α-hetero) is 1. The second-order valence-corrected chi connectivity index (χ2v) is 8.50. The van der Waals surface area contributed by atoms with Gasteiger partial charge in [-0.2, -0.15) is 0 Å². The van der Waals surface area contributed by atoms with Gasteiger partial charge in [0.2, 0.25) is 0 Å². The first-order valence-corrected chi connectivity index (χ1v) is 11.4. The van der Waals surface area contributed by atoms with Crippen LogP contribution in [-0.4, -0.2) is 80.2 Å². The van der Waals surface area contributed by atoms with E-state index in [2.05, 4.69) is 4.90 Å². The van der Waals surface area contributed by atoms with Gasteiger partial charge in [-0.1, -0.05) is 23.7 Å². The Morgan fingerprint density at radius 3 is 2.35 bits per heavy atom. The summed E-state index contributed by atoms with van der Waals surface area (Å²) in [6.45, 7) is 3.73. The van der Waals surface area contributed by atoms with E-state index in [9.17, 15) is 14.7 Å². The average Bonchev–Trinajstić information content (AvgIpc) is 3.12. The van der Waals surface area contributed by atoms with Gasteiger partial charge in [-0.3, -0.25) is 14.5 Å². The third-order valence-corrected chi connectivity index (χ3v) is 6.40. The molecule has 2 aromatic rings. The highest BCUT2D eigenvalue weighted by molar-refractivity contribution is 6.46. The van der Waals surface area contributed by atoms with Gasteiger partial charge in [0.05, 0.1) is 39.0 Å². The number of amides is 1. The molecule has 0 spiro atoms. The number of carbonyl (C=O) groups excluding carboxylic acids is 2. The Kier molecular flexibility index (Phi) is 7.41. The molecule has 9 heteroatoms. The van der Waals surface area contributed by atoms with Crippen LogP contribution in [0.1, 0.15) is 17.2 Å². The van der Waals surface area contributed by atoms with Crippen molar-refractivity contribution in [3.8, 4) is 11.5 Å². The van der Waals surface area contributed by atoms with E-state index < -0.39 is 17.7 Å². The van der Waals surface area contributed by atoms with Gasteiger partial charge in [0, 0.05) is 36.8 Å². The van der Waals surface area contributed by atoms with Gasteiger partial charge < -0.3 is 24.2 Å². The quantitative estimate of drug-likeness (QED) is 0.365. The molecule has 2 aliphatic heterocycles. The van der Waals surface area contributed by atoms with E-state index >= 15 is 0 Å². The van der Waals surface area contributed by atoms with Crippen LogP contribution in [-0.2, 0) is 14.3 Å². The smallest absolute Gasteiger partial charge is 0.295 e. The Morgan fingerprint density at radius 1 is 1.03 bits per heavy atom. The third kappa shape index (κ3) is 4.75. The first kappa shape index (κ1) is 24.1. The van der Waals surface area contributed by atoms with Crippen molar-refractivity contribution >= 4 is 29.1 Å². The number of methoxy groups -OCH3 is 2. The van der Waals surface area contributed by atoms with E-state index in [1.165, 1.54) is 19.1 Å². The summed E-state index contributed by atoms with van der Waals surface area (Å²) < 4.78 is 16.0. The van der Waals surface area contributed by atoms with Crippen LogP contribution < -0.4 is 9.47 Å². The normalized spacial score (nSPS) is 20.6. The van der Waals surface area contributed by atoms with E-state index in [0.717, 1.165) is 13.1 Å². The van der Waals surface area contributed by atoms with E-state index in [4.69, 9.17) is 25.8 Å². The maximum Gasteiger partial charge on any atom is 0.295 e. The Labute approximate surface area is 203 Å². The first-order chi connectivity index (χ1) is 16.4. The van der Waals surface area contributed by atoms with Crippen LogP contribution in [0.25, 0.3) is 5.76 Å². The molecule has 0 bridgehead atoms. The monoisotopic (exact) mass is 486 g/mol. The molecular formula is C25H27ClN2O6. The molecule has 180 valence electrons. The maximum atomic E-state index is 13.2. The summed E-state index contributed by atoms with van der Waals surface area (Å²) in [5, 5.41) is 11.8. The van der Waals surface area contributed by atoms with Crippen LogP contribution >= 0.6 is 11.6 Å². The number of carbonyl (C=O) groups is 2. The molecule has 2 aliphatic rings. The highest BCUT2D eigenvalue weighted by Gasteiger charge is 2.46. The van der Waals surface area contributed by atoms with Crippen LogP contribution in [0, 0.1) is 0 Å². The highest BCUT2D eigenvalue weighted by atomic mass is 35.5. The number of hydrogen-bond acceptors (Lipinski definition) is 7. The fourth-order valence-electron chi connectivity index (χ4n) is 4.32. The van der Waals surface area contributed by atoms with Crippen LogP contribution in [0.4, 0.5) is 0 Å². The topological polar surface area (TPSA) is 88.5 Å². The van der Waals surface area contributed by atoms with E-state index in [1.807, 2.05) is 0 Å². The van der Waals surface area contributed by atoms with E-state index in [0.29, 0.717) is 54.0 Å². The number of nitrogens with zero attached hydrogens (tertiary/aromatic N) is 2. The fourth-order valence-corrected chi connectivity index (χ4v) is 4.44. The number of benzene rings is 2. The Balaban J connectivity index is 1.75. The molecule has 34 heavy (non-hydrogen) atoms. The summed E-state index contributed by atoms with van der Waals surface area (Å²) in [6.07, 6.45) is 0. The van der Waals surface area contributed by atoms with Crippen molar-refractivity contribution in [3.63, 3.8) is 0 Å². The lowest BCUT2D eigenvalue weighted by Crippen LogP contribution is -2.42. The largest absolute Gasteiger partial charge is 0.507 e. The molecule has 0 aliphatic carbocycles. The van der Waals surface area contributed by atoms with Gasteiger partial charge in [0.15, 0.2) is 11.5 Å². The molecule has 0 radical (unpaired) electrons. The number of hydrogen-bond donors (Lipinski definition) is 1. The number of ether oxygens (including phenoxy) is 3.